The molecule has 0 aliphatic rings. The third-order valence-corrected chi connectivity index (χ3v) is 3.68. The van der Waals surface area contributed by atoms with E-state index in [1.165, 1.54) is 16.7 Å². The Morgan fingerprint density at radius 1 is 1.11 bits per heavy atom. The number of aryl methyl sites for hydroxylation is 3. The first-order valence-corrected chi connectivity index (χ1v) is 6.97. The topological polar surface area (TPSA) is 25.2 Å². The van der Waals surface area contributed by atoms with E-state index in [1.807, 2.05) is 12.1 Å². The van der Waals surface area contributed by atoms with E-state index in [1.54, 1.807) is 6.26 Å². The molecule has 1 N–H and O–H groups in total. The van der Waals surface area contributed by atoms with Gasteiger partial charge in [0, 0.05) is 19.0 Å². The highest BCUT2D eigenvalue weighted by molar-refractivity contribution is 5.33. The van der Waals surface area contributed by atoms with Crippen LogP contribution in [0.4, 0.5) is 0 Å². The Kier molecular flexibility index (Phi) is 4.80. The summed E-state index contributed by atoms with van der Waals surface area (Å²) in [5, 5.41) is 3.60. The van der Waals surface area contributed by atoms with Gasteiger partial charge >= 0.3 is 0 Å². The van der Waals surface area contributed by atoms with E-state index in [0.29, 0.717) is 6.04 Å². The van der Waals surface area contributed by atoms with Gasteiger partial charge in [-0.2, -0.15) is 0 Å². The molecule has 1 unspecified atom stereocenters. The van der Waals surface area contributed by atoms with Gasteiger partial charge < -0.3 is 9.73 Å². The highest BCUT2D eigenvalue weighted by atomic mass is 16.3. The largest absolute Gasteiger partial charge is 0.469 e. The van der Waals surface area contributed by atoms with Gasteiger partial charge in [-0.1, -0.05) is 18.2 Å². The molecule has 102 valence electrons. The van der Waals surface area contributed by atoms with Gasteiger partial charge in [0.25, 0.3) is 0 Å². The molecule has 0 aliphatic heterocycles. The van der Waals surface area contributed by atoms with Gasteiger partial charge in [-0.05, 0) is 56.0 Å². The second-order valence-electron chi connectivity index (χ2n) is 5.27. The lowest BCUT2D eigenvalue weighted by Gasteiger charge is -2.16. The number of benzene rings is 1. The molecule has 0 fully saturated rings. The molecule has 0 spiro atoms. The van der Waals surface area contributed by atoms with E-state index in [9.17, 15) is 0 Å². The van der Waals surface area contributed by atoms with E-state index in [-0.39, 0.29) is 0 Å². The number of hydrogen-bond acceptors (Lipinski definition) is 2. The molecule has 0 radical (unpaired) electrons. The lowest BCUT2D eigenvalue weighted by atomic mass is 10.0. The van der Waals surface area contributed by atoms with Crippen LogP contribution in [0.25, 0.3) is 0 Å². The molecule has 2 rings (SSSR count). The van der Waals surface area contributed by atoms with Crippen LogP contribution >= 0.6 is 0 Å². The zero-order valence-corrected chi connectivity index (χ0v) is 12.1. The second kappa shape index (κ2) is 6.58. The summed E-state index contributed by atoms with van der Waals surface area (Å²) in [7, 11) is 0. The van der Waals surface area contributed by atoms with Crippen molar-refractivity contribution < 1.29 is 4.42 Å². The Bertz CT molecular complexity index is 482. The van der Waals surface area contributed by atoms with E-state index in [2.05, 4.69) is 44.3 Å². The molecule has 0 bridgehead atoms. The quantitative estimate of drug-likeness (QED) is 0.846. The van der Waals surface area contributed by atoms with Gasteiger partial charge in [-0.15, -0.1) is 0 Å². The molecule has 19 heavy (non-hydrogen) atoms. The van der Waals surface area contributed by atoms with E-state index in [4.69, 9.17) is 4.42 Å². The third-order valence-electron chi connectivity index (χ3n) is 3.68. The summed E-state index contributed by atoms with van der Waals surface area (Å²) in [5.41, 5.74) is 4.16. The fraction of sp³-hybridized carbons (Fsp3) is 0.412. The maximum absolute atomic E-state index is 5.36. The Balaban J connectivity index is 1.81. The molecule has 0 saturated carbocycles. The second-order valence-corrected chi connectivity index (χ2v) is 5.27. The van der Waals surface area contributed by atoms with Crippen molar-refractivity contribution in [1.29, 1.82) is 0 Å². The molecule has 0 aliphatic carbocycles. The summed E-state index contributed by atoms with van der Waals surface area (Å²) in [6, 6.07) is 11.0. The van der Waals surface area contributed by atoms with Crippen LogP contribution in [0.15, 0.2) is 41.0 Å². The van der Waals surface area contributed by atoms with E-state index < -0.39 is 0 Å². The van der Waals surface area contributed by atoms with Crippen molar-refractivity contribution in [3.63, 3.8) is 0 Å². The molecule has 0 saturated heterocycles. The molecule has 0 amide bonds. The van der Waals surface area contributed by atoms with Crippen LogP contribution in [0.3, 0.4) is 0 Å². The normalized spacial score (nSPS) is 12.6. The van der Waals surface area contributed by atoms with Crippen LogP contribution in [0.5, 0.6) is 0 Å². The molecule has 1 aromatic carbocycles. The van der Waals surface area contributed by atoms with Crippen molar-refractivity contribution in [1.82, 2.24) is 5.32 Å². The Hall–Kier alpha value is -1.54. The van der Waals surface area contributed by atoms with Crippen molar-refractivity contribution in [3.05, 3.63) is 59.0 Å². The summed E-state index contributed by atoms with van der Waals surface area (Å²) in [6.07, 6.45) is 3.83. The lowest BCUT2D eigenvalue weighted by Crippen LogP contribution is -2.26. The number of rotatable bonds is 6. The van der Waals surface area contributed by atoms with Gasteiger partial charge in [0.2, 0.25) is 0 Å². The first-order valence-electron chi connectivity index (χ1n) is 6.97. The van der Waals surface area contributed by atoms with Crippen LogP contribution in [-0.4, -0.2) is 6.04 Å². The number of hydrogen-bond donors (Lipinski definition) is 1. The molecule has 2 heteroatoms. The Labute approximate surface area is 115 Å². The van der Waals surface area contributed by atoms with Gasteiger partial charge in [-0.3, -0.25) is 0 Å². The van der Waals surface area contributed by atoms with Gasteiger partial charge in [0.15, 0.2) is 0 Å². The smallest absolute Gasteiger partial charge is 0.103 e. The molecular formula is C17H23NO. The van der Waals surface area contributed by atoms with Gasteiger partial charge in [0.05, 0.1) is 6.26 Å². The minimum absolute atomic E-state index is 0.490. The SMILES string of the molecule is Cc1cccc(C)c1CNC(C)CCc1ccco1. The standard InChI is InChI=1S/C17H23NO/c1-13-6-4-7-14(2)17(13)12-18-15(3)9-10-16-8-5-11-19-16/h4-8,11,15,18H,9-10,12H2,1-3H3. The first-order chi connectivity index (χ1) is 9.16. The summed E-state index contributed by atoms with van der Waals surface area (Å²) in [4.78, 5) is 0. The van der Waals surface area contributed by atoms with Crippen molar-refractivity contribution >= 4 is 0 Å². The summed E-state index contributed by atoms with van der Waals surface area (Å²) < 4.78 is 5.36. The fourth-order valence-corrected chi connectivity index (χ4v) is 2.32. The molecular weight excluding hydrogens is 234 g/mol. The summed E-state index contributed by atoms with van der Waals surface area (Å²) >= 11 is 0. The molecule has 2 nitrogen and oxygen atoms in total. The average Bonchev–Trinajstić information content (AvgIpc) is 2.89. The minimum atomic E-state index is 0.490. The Morgan fingerprint density at radius 3 is 2.47 bits per heavy atom. The highest BCUT2D eigenvalue weighted by Crippen LogP contribution is 2.13. The summed E-state index contributed by atoms with van der Waals surface area (Å²) in [5.74, 6) is 1.07. The molecule has 1 aromatic heterocycles. The number of nitrogens with one attached hydrogen (secondary N) is 1. The molecule has 1 atom stereocenters. The molecule has 2 aromatic rings. The first kappa shape index (κ1) is 13.9. The van der Waals surface area contributed by atoms with Crippen molar-refractivity contribution in [2.45, 2.75) is 46.2 Å². The fourth-order valence-electron chi connectivity index (χ4n) is 2.32. The molecule has 1 heterocycles. The number of furan rings is 1. The van der Waals surface area contributed by atoms with Crippen LogP contribution in [0.1, 0.15) is 35.8 Å². The van der Waals surface area contributed by atoms with Gasteiger partial charge in [-0.25, -0.2) is 0 Å². The van der Waals surface area contributed by atoms with Crippen molar-refractivity contribution in [2.24, 2.45) is 0 Å². The van der Waals surface area contributed by atoms with Crippen LogP contribution in [0, 0.1) is 13.8 Å². The van der Waals surface area contributed by atoms with Gasteiger partial charge in [0.1, 0.15) is 5.76 Å². The van der Waals surface area contributed by atoms with Crippen LogP contribution in [0.2, 0.25) is 0 Å². The predicted molar refractivity (Wildman–Crippen MR) is 79.2 cm³/mol. The van der Waals surface area contributed by atoms with Crippen LogP contribution < -0.4 is 5.32 Å². The summed E-state index contributed by atoms with van der Waals surface area (Å²) in [6.45, 7) is 7.53. The average molecular weight is 257 g/mol. The minimum Gasteiger partial charge on any atom is -0.469 e. The maximum atomic E-state index is 5.36. The Morgan fingerprint density at radius 2 is 1.84 bits per heavy atom. The zero-order chi connectivity index (χ0) is 13.7. The van der Waals surface area contributed by atoms with Crippen LogP contribution in [-0.2, 0) is 13.0 Å². The van der Waals surface area contributed by atoms with Crippen molar-refractivity contribution in [2.75, 3.05) is 0 Å². The maximum Gasteiger partial charge on any atom is 0.103 e. The zero-order valence-electron chi connectivity index (χ0n) is 12.1. The lowest BCUT2D eigenvalue weighted by molar-refractivity contribution is 0.459. The monoisotopic (exact) mass is 257 g/mol. The predicted octanol–water partition coefficient (Wildman–Crippen LogP) is 4.01. The third kappa shape index (κ3) is 3.97. The highest BCUT2D eigenvalue weighted by Gasteiger charge is 2.06. The van der Waals surface area contributed by atoms with E-state index in [0.717, 1.165) is 25.1 Å². The van der Waals surface area contributed by atoms with E-state index >= 15 is 0 Å². The van der Waals surface area contributed by atoms with Crippen molar-refractivity contribution in [3.8, 4) is 0 Å².